The highest BCUT2D eigenvalue weighted by Crippen LogP contribution is 2.43. The number of aliphatic hydroxyl groups is 1. The molecule has 0 saturated carbocycles. The van der Waals surface area contributed by atoms with Crippen LogP contribution in [-0.4, -0.2) is 47.8 Å². The van der Waals surface area contributed by atoms with Crippen molar-refractivity contribution < 1.29 is 28.4 Å². The lowest BCUT2D eigenvalue weighted by molar-refractivity contribution is -0.123. The summed E-state index contributed by atoms with van der Waals surface area (Å²) >= 11 is 0. The van der Waals surface area contributed by atoms with Crippen LogP contribution in [-0.2, 0) is 18.4 Å². The molecular weight excluding hydrogens is 732 g/mol. The fraction of sp³-hybridized carbons (Fsp3) is 0.771. The number of allylic oxidation sites excluding steroid dienone is 9. The van der Waals surface area contributed by atoms with Gasteiger partial charge < -0.3 is 21.1 Å². The molecule has 332 valence electrons. The molecule has 0 radical (unpaired) electrons. The molecule has 0 heterocycles. The summed E-state index contributed by atoms with van der Waals surface area (Å²) in [4.78, 5) is 22.7. The van der Waals surface area contributed by atoms with Crippen LogP contribution < -0.4 is 11.1 Å². The van der Waals surface area contributed by atoms with Gasteiger partial charge in [0.05, 0.1) is 25.4 Å². The summed E-state index contributed by atoms with van der Waals surface area (Å²) in [6, 6.07) is -0.888. The zero-order valence-electron chi connectivity index (χ0n) is 36.8. The highest BCUT2D eigenvalue weighted by Gasteiger charge is 2.26. The molecular formula is C48H89N2O6P. The van der Waals surface area contributed by atoms with Crippen molar-refractivity contribution >= 4 is 13.7 Å². The standard InChI is InChI=1S/C48H89N2O6P/c1-3-5-7-9-11-13-15-17-19-21-22-23-24-26-28-30-32-34-36-38-40-42-48(52)50-46(45-56-57(53,54)55-44-43-49)47(51)41-39-37-35-33-31-29-27-25-20-18-16-14-12-10-8-6-4-2/h15,17,20-22,25,31,33,39,41,46-47,51H,3-14,16,18-19,23-24,26-30,32,34-38,40,42-45,49H2,1-2H3,(H,50,52)(H,53,54)/b17-15-,22-21-,25-20+,33-31+,41-39+. The summed E-state index contributed by atoms with van der Waals surface area (Å²) < 4.78 is 22.1. The number of carbonyl (C=O) groups is 1. The SMILES string of the molecule is CCCCCCC/C=C\C/C=C\CCCCCCCCCCCC(=O)NC(COP(=O)(O)OCCN)C(O)/C=C/CC/C=C/CC/C=C/CCCCCCCCC. The first kappa shape index (κ1) is 55.2. The second-order valence-corrected chi connectivity index (χ2v) is 17.0. The molecule has 1 amide bonds. The average Bonchev–Trinajstić information content (AvgIpc) is 3.20. The molecule has 9 heteroatoms. The Kier molecular flexibility index (Phi) is 42.4. The average molecular weight is 821 g/mol. The second-order valence-electron chi connectivity index (χ2n) is 15.6. The van der Waals surface area contributed by atoms with Crippen molar-refractivity contribution in [2.24, 2.45) is 5.73 Å². The Morgan fingerprint density at radius 2 is 0.982 bits per heavy atom. The lowest BCUT2D eigenvalue weighted by Gasteiger charge is -2.23. The van der Waals surface area contributed by atoms with Crippen molar-refractivity contribution in [1.82, 2.24) is 5.32 Å². The van der Waals surface area contributed by atoms with E-state index in [9.17, 15) is 19.4 Å². The maximum absolute atomic E-state index is 12.8. The predicted molar refractivity (Wildman–Crippen MR) is 244 cm³/mol. The summed E-state index contributed by atoms with van der Waals surface area (Å²) in [6.45, 7) is 4.09. The molecule has 3 unspecified atom stereocenters. The van der Waals surface area contributed by atoms with Crippen LogP contribution in [0.3, 0.4) is 0 Å². The van der Waals surface area contributed by atoms with Gasteiger partial charge in [0.1, 0.15) is 0 Å². The van der Waals surface area contributed by atoms with Gasteiger partial charge in [0, 0.05) is 13.0 Å². The molecule has 0 aliphatic carbocycles. The van der Waals surface area contributed by atoms with Crippen LogP contribution in [0.15, 0.2) is 60.8 Å². The number of phosphoric ester groups is 1. The Labute approximate surface area is 351 Å². The van der Waals surface area contributed by atoms with Gasteiger partial charge in [0.2, 0.25) is 5.91 Å². The first-order valence-electron chi connectivity index (χ1n) is 23.4. The fourth-order valence-electron chi connectivity index (χ4n) is 6.49. The van der Waals surface area contributed by atoms with E-state index >= 15 is 0 Å². The summed E-state index contributed by atoms with van der Waals surface area (Å²) in [6.07, 6.45) is 55.6. The molecule has 0 saturated heterocycles. The molecule has 0 aliphatic heterocycles. The Balaban J connectivity index is 4.24. The number of hydrogen-bond acceptors (Lipinski definition) is 6. The fourth-order valence-corrected chi connectivity index (χ4v) is 7.25. The Hall–Kier alpha value is -1.80. The van der Waals surface area contributed by atoms with E-state index in [-0.39, 0.29) is 25.7 Å². The van der Waals surface area contributed by atoms with E-state index in [1.165, 1.54) is 135 Å². The third-order valence-electron chi connectivity index (χ3n) is 10.0. The number of hydrogen-bond donors (Lipinski definition) is 4. The highest BCUT2D eigenvalue weighted by molar-refractivity contribution is 7.47. The van der Waals surface area contributed by atoms with E-state index in [0.717, 1.165) is 51.4 Å². The molecule has 8 nitrogen and oxygen atoms in total. The number of nitrogens with two attached hydrogens (primary N) is 1. The lowest BCUT2D eigenvalue weighted by atomic mass is 10.1. The zero-order chi connectivity index (χ0) is 41.8. The molecule has 0 aromatic carbocycles. The smallest absolute Gasteiger partial charge is 0.387 e. The maximum Gasteiger partial charge on any atom is 0.472 e. The monoisotopic (exact) mass is 821 g/mol. The van der Waals surface area contributed by atoms with E-state index in [2.05, 4.69) is 67.8 Å². The van der Waals surface area contributed by atoms with E-state index in [4.69, 9.17) is 14.8 Å². The van der Waals surface area contributed by atoms with Gasteiger partial charge in [-0.2, -0.15) is 0 Å². The van der Waals surface area contributed by atoms with Crippen molar-refractivity contribution in [3.63, 3.8) is 0 Å². The van der Waals surface area contributed by atoms with Gasteiger partial charge >= 0.3 is 7.82 Å². The highest BCUT2D eigenvalue weighted by atomic mass is 31.2. The van der Waals surface area contributed by atoms with Gasteiger partial charge in [-0.1, -0.05) is 184 Å². The minimum absolute atomic E-state index is 0.0690. The van der Waals surface area contributed by atoms with Gasteiger partial charge in [-0.3, -0.25) is 13.8 Å². The van der Waals surface area contributed by atoms with Crippen LogP contribution >= 0.6 is 7.82 Å². The molecule has 5 N–H and O–H groups in total. The van der Waals surface area contributed by atoms with Crippen molar-refractivity contribution in [2.45, 2.75) is 219 Å². The van der Waals surface area contributed by atoms with Crippen LogP contribution in [0.4, 0.5) is 0 Å². The molecule has 0 rings (SSSR count). The summed E-state index contributed by atoms with van der Waals surface area (Å²) in [5, 5.41) is 13.7. The van der Waals surface area contributed by atoms with E-state index in [1.807, 2.05) is 6.08 Å². The number of phosphoric acid groups is 1. The largest absolute Gasteiger partial charge is 0.472 e. The van der Waals surface area contributed by atoms with Crippen LogP contribution in [0.5, 0.6) is 0 Å². The molecule has 0 fully saturated rings. The van der Waals surface area contributed by atoms with Gasteiger partial charge in [-0.05, 0) is 77.0 Å². The molecule has 0 bridgehead atoms. The van der Waals surface area contributed by atoms with Crippen molar-refractivity contribution in [2.75, 3.05) is 19.8 Å². The molecule has 0 aliphatic rings. The number of nitrogens with one attached hydrogen (secondary N) is 1. The zero-order valence-corrected chi connectivity index (χ0v) is 37.7. The van der Waals surface area contributed by atoms with E-state index in [1.54, 1.807) is 6.08 Å². The number of unbranched alkanes of at least 4 members (excludes halogenated alkanes) is 23. The molecule has 3 atom stereocenters. The van der Waals surface area contributed by atoms with Crippen LogP contribution in [0.25, 0.3) is 0 Å². The van der Waals surface area contributed by atoms with Gasteiger partial charge in [-0.25, -0.2) is 4.57 Å². The number of aliphatic hydroxyl groups excluding tert-OH is 1. The number of carbonyl (C=O) groups excluding carboxylic acids is 1. The van der Waals surface area contributed by atoms with E-state index in [0.29, 0.717) is 6.42 Å². The van der Waals surface area contributed by atoms with Crippen molar-refractivity contribution in [3.05, 3.63) is 60.8 Å². The molecule has 0 aromatic heterocycles. The third kappa shape index (κ3) is 42.1. The lowest BCUT2D eigenvalue weighted by Crippen LogP contribution is -2.45. The molecule has 0 spiro atoms. The summed E-state index contributed by atoms with van der Waals surface area (Å²) in [7, 11) is -4.36. The Morgan fingerprint density at radius 1 is 0.579 bits per heavy atom. The van der Waals surface area contributed by atoms with Crippen molar-refractivity contribution in [3.8, 4) is 0 Å². The normalized spacial score (nSPS) is 14.5. The minimum Gasteiger partial charge on any atom is -0.387 e. The Morgan fingerprint density at radius 3 is 1.46 bits per heavy atom. The van der Waals surface area contributed by atoms with Crippen LogP contribution in [0.1, 0.15) is 206 Å². The minimum atomic E-state index is -4.36. The number of rotatable bonds is 43. The summed E-state index contributed by atoms with van der Waals surface area (Å²) in [5.41, 5.74) is 5.38. The summed E-state index contributed by atoms with van der Waals surface area (Å²) in [5.74, 6) is -0.214. The quantitative estimate of drug-likeness (QED) is 0.0274. The van der Waals surface area contributed by atoms with Crippen LogP contribution in [0.2, 0.25) is 0 Å². The van der Waals surface area contributed by atoms with Gasteiger partial charge in [0.15, 0.2) is 0 Å². The van der Waals surface area contributed by atoms with E-state index < -0.39 is 20.0 Å². The molecule has 0 aromatic rings. The second kappa shape index (κ2) is 43.8. The predicted octanol–water partition coefficient (Wildman–Crippen LogP) is 13.4. The first-order chi connectivity index (χ1) is 27.9. The number of amides is 1. The van der Waals surface area contributed by atoms with Gasteiger partial charge in [-0.15, -0.1) is 0 Å². The first-order valence-corrected chi connectivity index (χ1v) is 24.9. The maximum atomic E-state index is 12.8. The van der Waals surface area contributed by atoms with Crippen LogP contribution in [0, 0.1) is 0 Å². The Bertz CT molecular complexity index is 1080. The third-order valence-corrected chi connectivity index (χ3v) is 11.0. The van der Waals surface area contributed by atoms with Crippen molar-refractivity contribution in [1.29, 1.82) is 0 Å². The topological polar surface area (TPSA) is 131 Å². The molecule has 57 heavy (non-hydrogen) atoms. The van der Waals surface area contributed by atoms with Gasteiger partial charge in [0.25, 0.3) is 0 Å².